The number of aromatic nitrogens is 3. The fraction of sp³-hybridized carbons (Fsp3) is 0.0952. The van der Waals surface area contributed by atoms with Gasteiger partial charge < -0.3 is 0 Å². The highest BCUT2D eigenvalue weighted by Gasteiger charge is 2.10. The summed E-state index contributed by atoms with van der Waals surface area (Å²) in [5.74, 6) is 0.638. The average Bonchev–Trinajstić information content (AvgIpc) is 2.97. The van der Waals surface area contributed by atoms with E-state index >= 15 is 0 Å². The predicted molar refractivity (Wildman–Crippen MR) is 109 cm³/mol. The van der Waals surface area contributed by atoms with Crippen LogP contribution in [0.15, 0.2) is 70.6 Å². The van der Waals surface area contributed by atoms with Crippen LogP contribution >= 0.6 is 0 Å². The van der Waals surface area contributed by atoms with E-state index in [1.807, 2.05) is 74.5 Å². The van der Waals surface area contributed by atoms with Gasteiger partial charge in [0, 0.05) is 11.1 Å². The molecule has 4 aromatic rings. The van der Waals surface area contributed by atoms with Gasteiger partial charge in [-0.1, -0.05) is 36.4 Å². The third-order valence-electron chi connectivity index (χ3n) is 4.43. The van der Waals surface area contributed by atoms with Crippen molar-refractivity contribution in [3.63, 3.8) is 0 Å². The van der Waals surface area contributed by atoms with Crippen molar-refractivity contribution in [1.29, 1.82) is 0 Å². The first kappa shape index (κ1) is 16.8. The first-order chi connectivity index (χ1) is 13.1. The average molecular weight is 357 g/mol. The second-order valence-electron chi connectivity index (χ2n) is 6.34. The van der Waals surface area contributed by atoms with Gasteiger partial charge in [-0.2, -0.15) is 5.10 Å². The van der Waals surface area contributed by atoms with E-state index in [4.69, 9.17) is 0 Å². The minimum absolute atomic E-state index is 0.146. The van der Waals surface area contributed by atoms with E-state index in [0.717, 1.165) is 27.8 Å². The van der Waals surface area contributed by atoms with E-state index in [0.29, 0.717) is 11.4 Å². The molecular weight excluding hydrogens is 338 g/mol. The van der Waals surface area contributed by atoms with Crippen LogP contribution in [0.25, 0.3) is 16.6 Å². The number of hydrogen-bond acceptors (Lipinski definition) is 4. The summed E-state index contributed by atoms with van der Waals surface area (Å²) in [6.07, 6.45) is 1.53. The zero-order valence-corrected chi connectivity index (χ0v) is 15.1. The summed E-state index contributed by atoms with van der Waals surface area (Å²) < 4.78 is 1.51. The minimum Gasteiger partial charge on any atom is -0.295 e. The van der Waals surface area contributed by atoms with Crippen molar-refractivity contribution in [2.75, 3.05) is 5.43 Å². The van der Waals surface area contributed by atoms with Crippen molar-refractivity contribution < 1.29 is 0 Å². The lowest BCUT2D eigenvalue weighted by Gasteiger charge is -2.05. The lowest BCUT2D eigenvalue weighted by atomic mass is 10.1. The molecule has 2 N–H and O–H groups in total. The van der Waals surface area contributed by atoms with Gasteiger partial charge in [-0.3, -0.25) is 15.3 Å². The zero-order valence-electron chi connectivity index (χ0n) is 15.1. The molecule has 6 heteroatoms. The largest absolute Gasteiger partial charge is 0.295 e. The van der Waals surface area contributed by atoms with Crippen LogP contribution in [0.2, 0.25) is 0 Å². The SMILES string of the molecule is Cc1[nH]n(-c2ccccc2)c(=O)c1/C=N/Nc1cc(C)c2ccccc2n1. The lowest BCUT2D eigenvalue weighted by Crippen LogP contribution is -2.17. The van der Waals surface area contributed by atoms with Gasteiger partial charge in [0.2, 0.25) is 0 Å². The first-order valence-corrected chi connectivity index (χ1v) is 8.66. The Morgan fingerprint density at radius 1 is 1.07 bits per heavy atom. The van der Waals surface area contributed by atoms with E-state index in [1.165, 1.54) is 10.9 Å². The van der Waals surface area contributed by atoms with E-state index in [2.05, 4.69) is 20.6 Å². The number of para-hydroxylation sites is 2. The van der Waals surface area contributed by atoms with E-state index in [-0.39, 0.29) is 5.56 Å². The minimum atomic E-state index is -0.146. The molecule has 4 rings (SSSR count). The molecule has 0 fully saturated rings. The summed E-state index contributed by atoms with van der Waals surface area (Å²) in [6.45, 7) is 3.88. The fourth-order valence-electron chi connectivity index (χ4n) is 3.04. The third-order valence-corrected chi connectivity index (χ3v) is 4.43. The number of aryl methyl sites for hydroxylation is 2. The summed E-state index contributed by atoms with van der Waals surface area (Å²) in [7, 11) is 0. The Bertz CT molecular complexity index is 1190. The van der Waals surface area contributed by atoms with Crippen molar-refractivity contribution in [2.24, 2.45) is 5.10 Å². The van der Waals surface area contributed by atoms with Crippen molar-refractivity contribution >= 4 is 22.9 Å². The molecule has 6 nitrogen and oxygen atoms in total. The summed E-state index contributed by atoms with van der Waals surface area (Å²) in [5, 5.41) is 8.41. The summed E-state index contributed by atoms with van der Waals surface area (Å²) >= 11 is 0. The van der Waals surface area contributed by atoms with Gasteiger partial charge >= 0.3 is 0 Å². The monoisotopic (exact) mass is 357 g/mol. The second kappa shape index (κ2) is 6.92. The Morgan fingerprint density at radius 2 is 1.81 bits per heavy atom. The number of aromatic amines is 1. The van der Waals surface area contributed by atoms with Gasteiger partial charge in [0.1, 0.15) is 5.82 Å². The van der Waals surface area contributed by atoms with Crippen molar-refractivity contribution in [3.05, 3.63) is 87.8 Å². The Labute approximate surface area is 156 Å². The maximum Gasteiger partial charge on any atom is 0.280 e. The highest BCUT2D eigenvalue weighted by atomic mass is 16.1. The molecule has 0 radical (unpaired) electrons. The Balaban J connectivity index is 1.61. The lowest BCUT2D eigenvalue weighted by molar-refractivity contribution is 0.835. The molecule has 2 aromatic heterocycles. The maximum atomic E-state index is 12.7. The van der Waals surface area contributed by atoms with Crippen LogP contribution < -0.4 is 11.0 Å². The molecule has 0 aliphatic heterocycles. The molecule has 0 aliphatic carbocycles. The van der Waals surface area contributed by atoms with Crippen LogP contribution in [-0.4, -0.2) is 21.0 Å². The number of benzene rings is 2. The summed E-state index contributed by atoms with van der Waals surface area (Å²) in [5.41, 5.74) is 6.83. The van der Waals surface area contributed by atoms with Crippen LogP contribution in [0.4, 0.5) is 5.82 Å². The van der Waals surface area contributed by atoms with Crippen LogP contribution in [0.5, 0.6) is 0 Å². The van der Waals surface area contributed by atoms with Crippen LogP contribution in [0.3, 0.4) is 0 Å². The van der Waals surface area contributed by atoms with Crippen molar-refractivity contribution in [1.82, 2.24) is 14.8 Å². The first-order valence-electron chi connectivity index (χ1n) is 8.66. The van der Waals surface area contributed by atoms with Gasteiger partial charge in [-0.15, -0.1) is 0 Å². The standard InChI is InChI=1S/C21H19N5O/c1-14-12-20(23-19-11-7-6-10-17(14)19)24-22-13-18-15(2)25-26(21(18)27)16-8-4-3-5-9-16/h3-13,25H,1-2H3,(H,23,24)/b22-13+. The Kier molecular flexibility index (Phi) is 4.30. The predicted octanol–water partition coefficient (Wildman–Crippen LogP) is 3.78. The number of rotatable bonds is 4. The number of anilines is 1. The van der Waals surface area contributed by atoms with E-state index < -0.39 is 0 Å². The summed E-state index contributed by atoms with van der Waals surface area (Å²) in [6, 6.07) is 19.3. The molecule has 0 atom stereocenters. The molecule has 0 aliphatic rings. The molecule has 0 saturated heterocycles. The van der Waals surface area contributed by atoms with Crippen LogP contribution in [0, 0.1) is 13.8 Å². The number of fused-ring (bicyclic) bond motifs is 1. The Morgan fingerprint density at radius 3 is 2.63 bits per heavy atom. The highest BCUT2D eigenvalue weighted by molar-refractivity contribution is 5.84. The van der Waals surface area contributed by atoms with Gasteiger partial charge in [0.25, 0.3) is 5.56 Å². The molecule has 134 valence electrons. The topological polar surface area (TPSA) is 75.1 Å². The smallest absolute Gasteiger partial charge is 0.280 e. The van der Waals surface area contributed by atoms with Crippen LogP contribution in [0.1, 0.15) is 16.8 Å². The van der Waals surface area contributed by atoms with E-state index in [9.17, 15) is 4.79 Å². The van der Waals surface area contributed by atoms with Gasteiger partial charge in [0.05, 0.1) is 23.0 Å². The number of nitrogens with zero attached hydrogens (tertiary/aromatic N) is 3. The maximum absolute atomic E-state index is 12.7. The number of hydrazone groups is 1. The van der Waals surface area contributed by atoms with Gasteiger partial charge in [-0.25, -0.2) is 9.67 Å². The zero-order chi connectivity index (χ0) is 18.8. The van der Waals surface area contributed by atoms with Crippen molar-refractivity contribution in [3.8, 4) is 5.69 Å². The molecule has 2 aromatic carbocycles. The molecule has 27 heavy (non-hydrogen) atoms. The number of pyridine rings is 1. The third kappa shape index (κ3) is 3.25. The second-order valence-corrected chi connectivity index (χ2v) is 6.34. The van der Waals surface area contributed by atoms with Gasteiger partial charge in [-0.05, 0) is 43.7 Å². The quantitative estimate of drug-likeness (QED) is 0.431. The molecular formula is C21H19N5O. The molecule has 0 spiro atoms. The van der Waals surface area contributed by atoms with Gasteiger partial charge in [0.15, 0.2) is 0 Å². The highest BCUT2D eigenvalue weighted by Crippen LogP contribution is 2.19. The molecule has 0 bridgehead atoms. The molecule has 0 unspecified atom stereocenters. The fourth-order valence-corrected chi connectivity index (χ4v) is 3.04. The normalized spacial score (nSPS) is 11.3. The van der Waals surface area contributed by atoms with Crippen molar-refractivity contribution in [2.45, 2.75) is 13.8 Å². The number of nitrogens with one attached hydrogen (secondary N) is 2. The van der Waals surface area contributed by atoms with Crippen LogP contribution in [-0.2, 0) is 0 Å². The van der Waals surface area contributed by atoms with E-state index in [1.54, 1.807) is 0 Å². The molecule has 0 amide bonds. The Hall–Kier alpha value is -3.67. The molecule has 0 saturated carbocycles. The number of hydrogen-bond donors (Lipinski definition) is 2. The molecule has 2 heterocycles. The summed E-state index contributed by atoms with van der Waals surface area (Å²) in [4.78, 5) is 17.2. The number of H-pyrrole nitrogens is 1.